The van der Waals surface area contributed by atoms with Gasteiger partial charge in [0.2, 0.25) is 6.61 Å². The van der Waals surface area contributed by atoms with E-state index < -0.39 is 20.8 Å². The molecule has 6 heteroatoms. The van der Waals surface area contributed by atoms with Crippen molar-refractivity contribution in [2.75, 3.05) is 13.2 Å². The number of hydrogen-bond donors (Lipinski definition) is 1. The molecule has 0 aliphatic rings. The van der Waals surface area contributed by atoms with Gasteiger partial charge in [0, 0.05) is 4.57 Å². The van der Waals surface area contributed by atoms with E-state index in [-0.39, 0.29) is 5.92 Å². The Labute approximate surface area is 71.6 Å². The van der Waals surface area contributed by atoms with Gasteiger partial charge in [0.25, 0.3) is 0 Å². The molecular formula is C6H12O5P+. The highest BCUT2D eigenvalue weighted by molar-refractivity contribution is 7.32. The molecule has 0 aromatic carbocycles. The van der Waals surface area contributed by atoms with Crippen molar-refractivity contribution < 1.29 is 23.5 Å². The Morgan fingerprint density at radius 1 is 1.58 bits per heavy atom. The number of esters is 1. The summed E-state index contributed by atoms with van der Waals surface area (Å²) >= 11 is 0. The van der Waals surface area contributed by atoms with Crippen molar-refractivity contribution in [3.63, 3.8) is 0 Å². The first-order chi connectivity index (χ1) is 5.52. The average molecular weight is 195 g/mol. The average Bonchev–Trinajstić information content (AvgIpc) is 1.96. The molecule has 0 heterocycles. The molecule has 0 rings (SSSR count). The number of hydrogen-bond acceptors (Lipinski definition) is 4. The second-order valence-electron chi connectivity index (χ2n) is 2.59. The zero-order valence-electron chi connectivity index (χ0n) is 7.02. The Kier molecular flexibility index (Phi) is 5.80. The topological polar surface area (TPSA) is 72.8 Å². The summed E-state index contributed by atoms with van der Waals surface area (Å²) in [5, 5.41) is 0. The largest absolute Gasteiger partial charge is 0.695 e. The van der Waals surface area contributed by atoms with Crippen molar-refractivity contribution >= 4 is 14.2 Å². The van der Waals surface area contributed by atoms with Gasteiger partial charge in [-0.15, -0.1) is 9.42 Å². The Morgan fingerprint density at radius 3 is 2.58 bits per heavy atom. The fraction of sp³-hybridized carbons (Fsp3) is 0.833. The predicted octanol–water partition coefficient (Wildman–Crippen LogP) is 0.852. The fourth-order valence-electron chi connectivity index (χ4n) is 0.409. The van der Waals surface area contributed by atoms with Gasteiger partial charge in [0.1, 0.15) is 0 Å². The maximum atomic E-state index is 10.7. The molecule has 12 heavy (non-hydrogen) atoms. The van der Waals surface area contributed by atoms with E-state index in [1.165, 1.54) is 0 Å². The SMILES string of the molecule is CC(C)COC(=O)CO[P+](=O)O. The zero-order chi connectivity index (χ0) is 9.56. The fourth-order valence-corrected chi connectivity index (χ4v) is 0.625. The highest BCUT2D eigenvalue weighted by atomic mass is 31.1. The van der Waals surface area contributed by atoms with Crippen LogP contribution in [0.3, 0.4) is 0 Å². The highest BCUT2D eigenvalue weighted by Gasteiger charge is 2.16. The number of carbonyl (C=O) groups is 1. The predicted molar refractivity (Wildman–Crippen MR) is 41.6 cm³/mol. The number of carbonyl (C=O) groups excluding carboxylic acids is 1. The summed E-state index contributed by atoms with van der Waals surface area (Å²) in [5.41, 5.74) is 0. The maximum absolute atomic E-state index is 10.7. The van der Waals surface area contributed by atoms with Crippen molar-refractivity contribution in [2.24, 2.45) is 5.92 Å². The summed E-state index contributed by atoms with van der Waals surface area (Å²) in [6, 6.07) is 0. The van der Waals surface area contributed by atoms with Crippen LogP contribution in [0.15, 0.2) is 0 Å². The van der Waals surface area contributed by atoms with Gasteiger partial charge in [-0.25, -0.2) is 4.79 Å². The molecule has 1 unspecified atom stereocenters. The number of ether oxygens (including phenoxy) is 1. The van der Waals surface area contributed by atoms with Gasteiger partial charge in [-0.2, -0.15) is 0 Å². The van der Waals surface area contributed by atoms with Crippen LogP contribution in [-0.2, 0) is 18.6 Å². The Morgan fingerprint density at radius 2 is 2.17 bits per heavy atom. The highest BCUT2D eigenvalue weighted by Crippen LogP contribution is 2.13. The molecule has 0 spiro atoms. The first-order valence-corrected chi connectivity index (χ1v) is 4.60. The number of rotatable bonds is 5. The molecule has 1 atom stereocenters. The van der Waals surface area contributed by atoms with Crippen LogP contribution >= 0.6 is 8.25 Å². The molecule has 5 nitrogen and oxygen atoms in total. The molecule has 0 aliphatic carbocycles. The Hall–Kier alpha value is -0.510. The first kappa shape index (κ1) is 11.5. The minimum atomic E-state index is -2.71. The van der Waals surface area contributed by atoms with E-state index in [0.717, 1.165) is 0 Å². The molecule has 0 bridgehead atoms. The van der Waals surface area contributed by atoms with Gasteiger partial charge in [-0.1, -0.05) is 13.8 Å². The summed E-state index contributed by atoms with van der Waals surface area (Å²) in [4.78, 5) is 18.8. The third-order valence-corrected chi connectivity index (χ3v) is 1.22. The lowest BCUT2D eigenvalue weighted by Gasteiger charge is -2.03. The van der Waals surface area contributed by atoms with Crippen LogP contribution in [0.5, 0.6) is 0 Å². The molecule has 0 fully saturated rings. The molecule has 70 valence electrons. The van der Waals surface area contributed by atoms with Gasteiger partial charge in [0.15, 0.2) is 0 Å². The lowest BCUT2D eigenvalue weighted by Crippen LogP contribution is -2.13. The molecule has 0 aromatic rings. The first-order valence-electron chi connectivity index (χ1n) is 3.47. The quantitative estimate of drug-likeness (QED) is 0.520. The molecule has 0 saturated carbocycles. The van der Waals surface area contributed by atoms with Crippen molar-refractivity contribution in [2.45, 2.75) is 13.8 Å². The van der Waals surface area contributed by atoms with Crippen molar-refractivity contribution in [1.82, 2.24) is 0 Å². The van der Waals surface area contributed by atoms with Crippen LogP contribution in [-0.4, -0.2) is 24.1 Å². The van der Waals surface area contributed by atoms with E-state index >= 15 is 0 Å². The molecule has 0 radical (unpaired) electrons. The van der Waals surface area contributed by atoms with Crippen LogP contribution < -0.4 is 0 Å². The molecule has 0 saturated heterocycles. The smallest absolute Gasteiger partial charge is 0.464 e. The van der Waals surface area contributed by atoms with E-state index in [2.05, 4.69) is 9.26 Å². The molecule has 0 amide bonds. The van der Waals surface area contributed by atoms with E-state index in [4.69, 9.17) is 4.89 Å². The van der Waals surface area contributed by atoms with Gasteiger partial charge >= 0.3 is 14.2 Å². The Bertz CT molecular complexity index is 167. The van der Waals surface area contributed by atoms with Crippen molar-refractivity contribution in [1.29, 1.82) is 0 Å². The van der Waals surface area contributed by atoms with Gasteiger partial charge in [-0.3, -0.25) is 0 Å². The minimum absolute atomic E-state index is 0.247. The summed E-state index contributed by atoms with van der Waals surface area (Å²) in [6.07, 6.45) is 0. The van der Waals surface area contributed by atoms with E-state index in [1.807, 2.05) is 13.8 Å². The van der Waals surface area contributed by atoms with Crippen molar-refractivity contribution in [3.05, 3.63) is 0 Å². The summed E-state index contributed by atoms with van der Waals surface area (Å²) in [6.45, 7) is 3.60. The Balaban J connectivity index is 3.40. The van der Waals surface area contributed by atoms with Crippen LogP contribution in [0.25, 0.3) is 0 Å². The normalized spacial score (nSPS) is 11.5. The molecule has 0 aromatic heterocycles. The minimum Gasteiger partial charge on any atom is -0.464 e. The lowest BCUT2D eigenvalue weighted by molar-refractivity contribution is -0.147. The second kappa shape index (κ2) is 6.06. The van der Waals surface area contributed by atoms with Gasteiger partial charge < -0.3 is 4.74 Å². The third kappa shape index (κ3) is 7.60. The van der Waals surface area contributed by atoms with E-state index in [1.54, 1.807) is 0 Å². The molecule has 0 aliphatic heterocycles. The summed E-state index contributed by atoms with van der Waals surface area (Å²) in [5.74, 6) is -0.377. The zero-order valence-corrected chi connectivity index (χ0v) is 7.91. The second-order valence-corrected chi connectivity index (χ2v) is 3.32. The lowest BCUT2D eigenvalue weighted by atomic mass is 10.2. The van der Waals surface area contributed by atoms with Crippen LogP contribution in [0.4, 0.5) is 0 Å². The monoisotopic (exact) mass is 195 g/mol. The standard InChI is InChI=1S/C6H11O5P/c1-5(2)3-10-6(7)4-11-12(8)9/h5H,3-4H2,1-2H3/p+1. The summed E-state index contributed by atoms with van der Waals surface area (Å²) < 4.78 is 18.7. The van der Waals surface area contributed by atoms with E-state index in [0.29, 0.717) is 6.61 Å². The van der Waals surface area contributed by atoms with Crippen LogP contribution in [0.2, 0.25) is 0 Å². The van der Waals surface area contributed by atoms with Crippen molar-refractivity contribution in [3.8, 4) is 0 Å². The van der Waals surface area contributed by atoms with Gasteiger partial charge in [-0.05, 0) is 5.92 Å². The summed E-state index contributed by atoms with van der Waals surface area (Å²) in [7, 11) is -2.71. The van der Waals surface area contributed by atoms with Gasteiger partial charge in [0.05, 0.1) is 6.61 Å². The maximum Gasteiger partial charge on any atom is 0.695 e. The van der Waals surface area contributed by atoms with Crippen LogP contribution in [0, 0.1) is 5.92 Å². The van der Waals surface area contributed by atoms with Crippen LogP contribution in [0.1, 0.15) is 13.8 Å². The molecule has 1 N–H and O–H groups in total. The molecular weight excluding hydrogens is 183 g/mol. The van der Waals surface area contributed by atoms with E-state index in [9.17, 15) is 9.36 Å². The third-order valence-electron chi connectivity index (χ3n) is 0.870.